The van der Waals surface area contributed by atoms with E-state index in [9.17, 15) is 14.4 Å². The van der Waals surface area contributed by atoms with Crippen LogP contribution in [0.5, 0.6) is 5.75 Å². The normalized spacial score (nSPS) is 13.8. The minimum Gasteiger partial charge on any atom is -0.494 e. The van der Waals surface area contributed by atoms with E-state index in [1.165, 1.54) is 6.92 Å². The average molecular weight is 394 g/mol. The molecule has 0 bridgehead atoms. The number of Topliss-reactive ketones (excluding diaryl/α,β-unsaturated/α-hetero) is 1. The first-order valence-corrected chi connectivity index (χ1v) is 9.90. The molecular formula is C23H26N2O4. The van der Waals surface area contributed by atoms with Gasteiger partial charge in [0.05, 0.1) is 6.61 Å². The molecule has 1 heterocycles. The third-order valence-electron chi connectivity index (χ3n) is 5.00. The van der Waals surface area contributed by atoms with Crippen molar-refractivity contribution in [2.24, 2.45) is 0 Å². The number of benzene rings is 2. The van der Waals surface area contributed by atoms with Gasteiger partial charge < -0.3 is 14.5 Å². The van der Waals surface area contributed by atoms with Crippen molar-refractivity contribution in [3.05, 3.63) is 65.7 Å². The van der Waals surface area contributed by atoms with E-state index in [0.717, 1.165) is 0 Å². The van der Waals surface area contributed by atoms with E-state index in [1.54, 1.807) is 29.2 Å². The highest BCUT2D eigenvalue weighted by Gasteiger charge is 2.24. The lowest BCUT2D eigenvalue weighted by Gasteiger charge is -2.35. The molecule has 1 aliphatic rings. The summed E-state index contributed by atoms with van der Waals surface area (Å²) in [6.07, 6.45) is 1.04. The van der Waals surface area contributed by atoms with Gasteiger partial charge >= 0.3 is 0 Å². The molecule has 1 fully saturated rings. The molecule has 152 valence electrons. The Bertz CT molecular complexity index is 841. The molecule has 2 aromatic rings. The Morgan fingerprint density at radius 1 is 0.828 bits per heavy atom. The fourth-order valence-electron chi connectivity index (χ4n) is 3.28. The van der Waals surface area contributed by atoms with Gasteiger partial charge in [-0.1, -0.05) is 18.2 Å². The van der Waals surface area contributed by atoms with Gasteiger partial charge in [-0.2, -0.15) is 0 Å². The van der Waals surface area contributed by atoms with Gasteiger partial charge in [-0.05, 0) is 49.7 Å². The van der Waals surface area contributed by atoms with E-state index in [2.05, 4.69) is 0 Å². The second-order valence-corrected chi connectivity index (χ2v) is 7.07. The summed E-state index contributed by atoms with van der Waals surface area (Å²) in [6, 6.07) is 16.2. The van der Waals surface area contributed by atoms with Crippen molar-refractivity contribution in [1.82, 2.24) is 9.80 Å². The molecule has 0 saturated carbocycles. The summed E-state index contributed by atoms with van der Waals surface area (Å²) in [4.78, 5) is 39.8. The van der Waals surface area contributed by atoms with Crippen LogP contribution in [0.15, 0.2) is 54.6 Å². The molecule has 0 aromatic heterocycles. The standard InChI is InChI=1S/C23H26N2O4/c1-18(26)19-9-11-21(12-10-19)29-17-5-8-22(27)24-13-15-25(16-14-24)23(28)20-6-3-2-4-7-20/h2-4,6-7,9-12H,5,8,13-17H2,1H3. The summed E-state index contributed by atoms with van der Waals surface area (Å²) < 4.78 is 5.64. The Balaban J connectivity index is 1.36. The smallest absolute Gasteiger partial charge is 0.253 e. The number of nitrogens with zero attached hydrogens (tertiary/aromatic N) is 2. The third kappa shape index (κ3) is 5.67. The molecule has 1 aliphatic heterocycles. The van der Waals surface area contributed by atoms with Crippen molar-refractivity contribution in [2.75, 3.05) is 32.8 Å². The summed E-state index contributed by atoms with van der Waals surface area (Å²) in [5, 5.41) is 0. The van der Waals surface area contributed by atoms with Gasteiger partial charge in [-0.25, -0.2) is 0 Å². The SMILES string of the molecule is CC(=O)c1ccc(OCCCC(=O)N2CCN(C(=O)c3ccccc3)CC2)cc1. The quantitative estimate of drug-likeness (QED) is 0.535. The Labute approximate surface area is 171 Å². The lowest BCUT2D eigenvalue weighted by Crippen LogP contribution is -2.50. The number of hydrogen-bond acceptors (Lipinski definition) is 4. The summed E-state index contributed by atoms with van der Waals surface area (Å²) in [7, 11) is 0. The van der Waals surface area contributed by atoms with Gasteiger partial charge in [-0.15, -0.1) is 0 Å². The number of carbonyl (C=O) groups excluding carboxylic acids is 3. The molecule has 6 nitrogen and oxygen atoms in total. The molecule has 6 heteroatoms. The topological polar surface area (TPSA) is 66.9 Å². The number of hydrogen-bond donors (Lipinski definition) is 0. The highest BCUT2D eigenvalue weighted by molar-refractivity contribution is 5.94. The molecule has 1 saturated heterocycles. The lowest BCUT2D eigenvalue weighted by atomic mass is 10.1. The molecule has 0 spiro atoms. The Hall–Kier alpha value is -3.15. The maximum absolute atomic E-state index is 12.5. The van der Waals surface area contributed by atoms with E-state index in [0.29, 0.717) is 62.5 Å². The monoisotopic (exact) mass is 394 g/mol. The first-order valence-electron chi connectivity index (χ1n) is 9.90. The summed E-state index contributed by atoms with van der Waals surface area (Å²) in [6.45, 7) is 4.20. The van der Waals surface area contributed by atoms with Crippen molar-refractivity contribution in [1.29, 1.82) is 0 Å². The highest BCUT2D eigenvalue weighted by atomic mass is 16.5. The van der Waals surface area contributed by atoms with Crippen molar-refractivity contribution in [3.8, 4) is 5.75 Å². The lowest BCUT2D eigenvalue weighted by molar-refractivity contribution is -0.132. The molecule has 3 rings (SSSR count). The van der Waals surface area contributed by atoms with Crippen molar-refractivity contribution in [2.45, 2.75) is 19.8 Å². The maximum atomic E-state index is 12.5. The molecule has 0 unspecified atom stereocenters. The van der Waals surface area contributed by atoms with E-state index in [-0.39, 0.29) is 17.6 Å². The van der Waals surface area contributed by atoms with Crippen LogP contribution in [-0.2, 0) is 4.79 Å². The minimum absolute atomic E-state index is 0.0156. The first-order chi connectivity index (χ1) is 14.0. The Morgan fingerprint density at radius 3 is 2.07 bits per heavy atom. The van der Waals surface area contributed by atoms with Crippen LogP contribution in [0.2, 0.25) is 0 Å². The predicted molar refractivity (Wildman–Crippen MR) is 110 cm³/mol. The fraction of sp³-hybridized carbons (Fsp3) is 0.348. The molecule has 29 heavy (non-hydrogen) atoms. The molecule has 0 N–H and O–H groups in total. The number of ketones is 1. The van der Waals surface area contributed by atoms with Gasteiger partial charge in [0.2, 0.25) is 5.91 Å². The summed E-state index contributed by atoms with van der Waals surface area (Å²) in [5.41, 5.74) is 1.33. The van der Waals surface area contributed by atoms with E-state index in [1.807, 2.05) is 35.2 Å². The maximum Gasteiger partial charge on any atom is 0.253 e. The number of carbonyl (C=O) groups is 3. The van der Waals surface area contributed by atoms with Gasteiger partial charge in [0.25, 0.3) is 5.91 Å². The highest BCUT2D eigenvalue weighted by Crippen LogP contribution is 2.14. The molecule has 0 atom stereocenters. The van der Waals surface area contributed by atoms with Crippen molar-refractivity contribution < 1.29 is 19.1 Å². The molecular weight excluding hydrogens is 368 g/mol. The van der Waals surface area contributed by atoms with Gasteiger partial charge in [0.1, 0.15) is 5.75 Å². The second kappa shape index (κ2) is 9.87. The van der Waals surface area contributed by atoms with E-state index in [4.69, 9.17) is 4.74 Å². The predicted octanol–water partition coefficient (Wildman–Crippen LogP) is 3.03. The average Bonchev–Trinajstić information content (AvgIpc) is 2.77. The van der Waals surface area contributed by atoms with E-state index >= 15 is 0 Å². The molecule has 0 radical (unpaired) electrons. The number of amides is 2. The summed E-state index contributed by atoms with van der Waals surface area (Å²) in [5.74, 6) is 0.817. The van der Waals surface area contributed by atoms with Crippen LogP contribution in [0.4, 0.5) is 0 Å². The Morgan fingerprint density at radius 2 is 1.45 bits per heavy atom. The van der Waals surface area contributed by atoms with Crippen LogP contribution in [0.25, 0.3) is 0 Å². The van der Waals surface area contributed by atoms with Crippen LogP contribution in [0, 0.1) is 0 Å². The van der Waals surface area contributed by atoms with Crippen molar-refractivity contribution >= 4 is 17.6 Å². The van der Waals surface area contributed by atoms with Crippen LogP contribution >= 0.6 is 0 Å². The van der Waals surface area contributed by atoms with Crippen LogP contribution in [0.3, 0.4) is 0 Å². The van der Waals surface area contributed by atoms with Crippen LogP contribution in [-0.4, -0.2) is 60.2 Å². The molecule has 0 aliphatic carbocycles. The van der Waals surface area contributed by atoms with Crippen LogP contribution in [0.1, 0.15) is 40.5 Å². The van der Waals surface area contributed by atoms with E-state index < -0.39 is 0 Å². The zero-order valence-electron chi connectivity index (χ0n) is 16.7. The summed E-state index contributed by atoms with van der Waals surface area (Å²) >= 11 is 0. The van der Waals surface area contributed by atoms with Crippen molar-refractivity contribution in [3.63, 3.8) is 0 Å². The Kier molecular flexibility index (Phi) is 7.00. The minimum atomic E-state index is 0.0156. The number of piperazine rings is 1. The van der Waals surface area contributed by atoms with Gasteiger partial charge in [-0.3, -0.25) is 14.4 Å². The second-order valence-electron chi connectivity index (χ2n) is 7.07. The zero-order chi connectivity index (χ0) is 20.6. The third-order valence-corrected chi connectivity index (χ3v) is 5.00. The number of rotatable bonds is 7. The van der Waals surface area contributed by atoms with Crippen LogP contribution < -0.4 is 4.74 Å². The number of ether oxygens (including phenoxy) is 1. The zero-order valence-corrected chi connectivity index (χ0v) is 16.7. The fourth-order valence-corrected chi connectivity index (χ4v) is 3.28. The first kappa shape index (κ1) is 20.6. The molecule has 2 aromatic carbocycles. The molecule has 2 amide bonds. The largest absolute Gasteiger partial charge is 0.494 e. The van der Waals surface area contributed by atoms with Gasteiger partial charge in [0.15, 0.2) is 5.78 Å². The van der Waals surface area contributed by atoms with Gasteiger partial charge in [0, 0.05) is 43.7 Å².